The van der Waals surface area contributed by atoms with Crippen molar-refractivity contribution >= 4 is 17.8 Å². The van der Waals surface area contributed by atoms with Gasteiger partial charge in [0.05, 0.1) is 6.61 Å². The summed E-state index contributed by atoms with van der Waals surface area (Å²) in [5.41, 5.74) is 0. The quantitative estimate of drug-likeness (QED) is 0.585. The number of carbonyl (C=O) groups is 3. The predicted molar refractivity (Wildman–Crippen MR) is 94.3 cm³/mol. The highest BCUT2D eigenvalue weighted by Crippen LogP contribution is 2.13. The van der Waals surface area contributed by atoms with Gasteiger partial charge in [-0.1, -0.05) is 13.8 Å². The Morgan fingerprint density at radius 2 is 1.67 bits per heavy atom. The van der Waals surface area contributed by atoms with Gasteiger partial charge in [0.2, 0.25) is 11.8 Å². The lowest BCUT2D eigenvalue weighted by Gasteiger charge is -2.20. The van der Waals surface area contributed by atoms with E-state index in [1.807, 2.05) is 20.8 Å². The standard InChI is InChI=1S/C18H34N2O4/c1-7-20(6)16(21)12-14(4)18(23)19-15(5)10-9-13(3)11-17(22)24-8-2/h13-15H,7-12H2,1-6H3,(H,19,23). The number of rotatable bonds is 11. The van der Waals surface area contributed by atoms with Crippen LogP contribution in [0, 0.1) is 11.8 Å². The van der Waals surface area contributed by atoms with Crippen molar-refractivity contribution in [1.29, 1.82) is 0 Å². The molecule has 0 spiro atoms. The molecule has 0 heterocycles. The van der Waals surface area contributed by atoms with Gasteiger partial charge in [-0.25, -0.2) is 0 Å². The number of nitrogens with zero attached hydrogens (tertiary/aromatic N) is 1. The van der Waals surface area contributed by atoms with Crippen LogP contribution < -0.4 is 5.32 Å². The maximum atomic E-state index is 12.2. The number of carbonyl (C=O) groups excluding carboxylic acids is 3. The molecule has 0 bridgehead atoms. The monoisotopic (exact) mass is 342 g/mol. The number of esters is 1. The van der Waals surface area contributed by atoms with Crippen LogP contribution >= 0.6 is 0 Å². The Bertz CT molecular complexity index is 412. The van der Waals surface area contributed by atoms with Crippen LogP contribution in [0.15, 0.2) is 0 Å². The van der Waals surface area contributed by atoms with Gasteiger partial charge in [-0.15, -0.1) is 0 Å². The van der Waals surface area contributed by atoms with E-state index in [1.165, 1.54) is 0 Å². The number of amides is 2. The van der Waals surface area contributed by atoms with Gasteiger partial charge < -0.3 is 15.0 Å². The second-order valence-corrected chi connectivity index (χ2v) is 6.61. The zero-order valence-electron chi connectivity index (χ0n) is 16.1. The molecule has 3 atom stereocenters. The van der Waals surface area contributed by atoms with Gasteiger partial charge in [-0.3, -0.25) is 14.4 Å². The summed E-state index contributed by atoms with van der Waals surface area (Å²) in [6.07, 6.45) is 2.26. The van der Waals surface area contributed by atoms with Gasteiger partial charge >= 0.3 is 5.97 Å². The molecule has 1 N–H and O–H groups in total. The molecule has 0 aromatic rings. The predicted octanol–water partition coefficient (Wildman–Crippen LogP) is 2.37. The minimum Gasteiger partial charge on any atom is -0.466 e. The molecule has 6 heteroatoms. The van der Waals surface area contributed by atoms with Crippen molar-refractivity contribution in [2.75, 3.05) is 20.2 Å². The van der Waals surface area contributed by atoms with Gasteiger partial charge in [0.1, 0.15) is 0 Å². The normalized spacial score (nSPS) is 14.4. The Morgan fingerprint density at radius 1 is 1.04 bits per heavy atom. The number of nitrogens with one attached hydrogen (secondary N) is 1. The zero-order chi connectivity index (χ0) is 18.7. The topological polar surface area (TPSA) is 75.7 Å². The number of hydrogen-bond donors (Lipinski definition) is 1. The molecule has 6 nitrogen and oxygen atoms in total. The largest absolute Gasteiger partial charge is 0.466 e. The second kappa shape index (κ2) is 11.9. The Hall–Kier alpha value is -1.59. The minimum absolute atomic E-state index is 0.0172. The lowest BCUT2D eigenvalue weighted by Crippen LogP contribution is -2.38. The summed E-state index contributed by atoms with van der Waals surface area (Å²) in [5.74, 6) is -0.408. The van der Waals surface area contributed by atoms with E-state index < -0.39 is 0 Å². The van der Waals surface area contributed by atoms with Gasteiger partial charge in [0.15, 0.2) is 0 Å². The summed E-state index contributed by atoms with van der Waals surface area (Å²) >= 11 is 0. The van der Waals surface area contributed by atoms with Crippen LogP contribution in [0.1, 0.15) is 60.3 Å². The lowest BCUT2D eigenvalue weighted by molar-refractivity contribution is -0.144. The van der Waals surface area contributed by atoms with E-state index in [9.17, 15) is 14.4 Å². The van der Waals surface area contributed by atoms with Gasteiger partial charge in [0, 0.05) is 38.4 Å². The smallest absolute Gasteiger partial charge is 0.306 e. The molecule has 0 aliphatic carbocycles. The summed E-state index contributed by atoms with van der Waals surface area (Å²) in [7, 11) is 1.74. The third-order valence-corrected chi connectivity index (χ3v) is 4.13. The van der Waals surface area contributed by atoms with E-state index in [0.717, 1.165) is 12.8 Å². The maximum absolute atomic E-state index is 12.2. The Morgan fingerprint density at radius 3 is 2.21 bits per heavy atom. The first kappa shape index (κ1) is 22.4. The van der Waals surface area contributed by atoms with Crippen molar-refractivity contribution in [2.24, 2.45) is 11.8 Å². The first-order chi connectivity index (χ1) is 11.2. The van der Waals surface area contributed by atoms with Gasteiger partial charge in [0.25, 0.3) is 0 Å². The van der Waals surface area contributed by atoms with E-state index in [1.54, 1.807) is 25.8 Å². The molecule has 0 rings (SSSR count). The van der Waals surface area contributed by atoms with Crippen molar-refractivity contribution < 1.29 is 19.1 Å². The molecule has 2 amide bonds. The van der Waals surface area contributed by atoms with Crippen molar-refractivity contribution in [3.63, 3.8) is 0 Å². The third kappa shape index (κ3) is 9.53. The first-order valence-corrected chi connectivity index (χ1v) is 8.91. The van der Waals surface area contributed by atoms with E-state index in [2.05, 4.69) is 5.32 Å². The third-order valence-electron chi connectivity index (χ3n) is 4.13. The van der Waals surface area contributed by atoms with Crippen LogP contribution in [-0.2, 0) is 19.1 Å². The SMILES string of the molecule is CCOC(=O)CC(C)CCC(C)NC(=O)C(C)CC(=O)N(C)CC. The zero-order valence-corrected chi connectivity index (χ0v) is 16.1. The van der Waals surface area contributed by atoms with Gasteiger partial charge in [-0.2, -0.15) is 0 Å². The molecule has 0 saturated heterocycles. The first-order valence-electron chi connectivity index (χ1n) is 8.91. The van der Waals surface area contributed by atoms with Crippen LogP contribution in [0.5, 0.6) is 0 Å². The molecule has 140 valence electrons. The highest BCUT2D eigenvalue weighted by molar-refractivity contribution is 5.85. The fourth-order valence-electron chi connectivity index (χ4n) is 2.29. The number of hydrogen-bond acceptors (Lipinski definition) is 4. The Kier molecular flexibility index (Phi) is 11.1. The molecule has 24 heavy (non-hydrogen) atoms. The van der Waals surface area contributed by atoms with Crippen molar-refractivity contribution in [3.8, 4) is 0 Å². The average Bonchev–Trinajstić information content (AvgIpc) is 2.51. The molecule has 0 fully saturated rings. The van der Waals surface area contributed by atoms with E-state index in [0.29, 0.717) is 19.6 Å². The van der Waals surface area contributed by atoms with Crippen molar-refractivity contribution in [3.05, 3.63) is 0 Å². The van der Waals surface area contributed by atoms with Crippen LogP contribution in [0.25, 0.3) is 0 Å². The Labute approximate surface area is 146 Å². The fourth-order valence-corrected chi connectivity index (χ4v) is 2.29. The molecule has 0 aliphatic rings. The summed E-state index contributed by atoms with van der Waals surface area (Å²) in [5, 5.41) is 2.95. The summed E-state index contributed by atoms with van der Waals surface area (Å²) in [6.45, 7) is 10.5. The Balaban J connectivity index is 4.13. The van der Waals surface area contributed by atoms with Crippen LogP contribution in [0.2, 0.25) is 0 Å². The molecular formula is C18H34N2O4. The molecule has 0 radical (unpaired) electrons. The minimum atomic E-state index is -0.342. The van der Waals surface area contributed by atoms with Crippen molar-refractivity contribution in [1.82, 2.24) is 10.2 Å². The molecular weight excluding hydrogens is 308 g/mol. The van der Waals surface area contributed by atoms with E-state index in [4.69, 9.17) is 4.74 Å². The summed E-state index contributed by atoms with van der Waals surface area (Å²) in [4.78, 5) is 37.0. The molecule has 0 saturated carbocycles. The highest BCUT2D eigenvalue weighted by Gasteiger charge is 2.20. The molecule has 0 aromatic carbocycles. The highest BCUT2D eigenvalue weighted by atomic mass is 16.5. The summed E-state index contributed by atoms with van der Waals surface area (Å²) < 4.78 is 4.94. The van der Waals surface area contributed by atoms with Crippen LogP contribution in [-0.4, -0.2) is 48.9 Å². The molecule has 3 unspecified atom stereocenters. The second-order valence-electron chi connectivity index (χ2n) is 6.61. The van der Waals surface area contributed by atoms with Crippen molar-refractivity contribution in [2.45, 2.75) is 66.3 Å². The molecule has 0 aromatic heterocycles. The summed E-state index contributed by atoms with van der Waals surface area (Å²) in [6, 6.07) is 0.0172. The van der Waals surface area contributed by atoms with E-state index >= 15 is 0 Å². The van der Waals surface area contributed by atoms with Gasteiger partial charge in [-0.05, 0) is 39.5 Å². The van der Waals surface area contributed by atoms with Crippen LogP contribution in [0.3, 0.4) is 0 Å². The number of ether oxygens (including phenoxy) is 1. The molecule has 0 aliphatic heterocycles. The maximum Gasteiger partial charge on any atom is 0.306 e. The lowest BCUT2D eigenvalue weighted by atomic mass is 9.98. The fraction of sp³-hybridized carbons (Fsp3) is 0.833. The van der Waals surface area contributed by atoms with E-state index in [-0.39, 0.29) is 42.1 Å². The van der Waals surface area contributed by atoms with Crippen LogP contribution in [0.4, 0.5) is 0 Å². The average molecular weight is 342 g/mol.